The van der Waals surface area contributed by atoms with Crippen molar-refractivity contribution < 1.29 is 33.3 Å². The molecular weight excluding hydrogens is 519 g/mol. The van der Waals surface area contributed by atoms with Crippen LogP contribution in [0.4, 0.5) is 0 Å². The SMILES string of the molecule is CCCCCCCCCCCCCCCCCCCCCCC(=O)NCCC[N+](C)(C)C.[I-]. The maximum absolute atomic E-state index is 11.8. The van der Waals surface area contributed by atoms with Crippen molar-refractivity contribution >= 4 is 5.91 Å². The van der Waals surface area contributed by atoms with Crippen molar-refractivity contribution in [2.75, 3.05) is 34.2 Å². The zero-order valence-electron chi connectivity index (χ0n) is 23.2. The minimum atomic E-state index is 0. The summed E-state index contributed by atoms with van der Waals surface area (Å²) in [6, 6.07) is 0. The molecule has 0 aromatic carbocycles. The van der Waals surface area contributed by atoms with E-state index >= 15 is 0 Å². The van der Waals surface area contributed by atoms with Crippen LogP contribution in [0.25, 0.3) is 0 Å². The summed E-state index contributed by atoms with van der Waals surface area (Å²) in [5.74, 6) is 0.244. The number of carbonyl (C=O) groups excluding carboxylic acids is 1. The van der Waals surface area contributed by atoms with Gasteiger partial charge in [0.1, 0.15) is 0 Å². The number of nitrogens with zero attached hydrogens (tertiary/aromatic N) is 1. The second kappa shape index (κ2) is 26.8. The third-order valence-electron chi connectivity index (χ3n) is 6.59. The second-order valence-corrected chi connectivity index (χ2v) is 11.2. The van der Waals surface area contributed by atoms with Crippen molar-refractivity contribution in [3.63, 3.8) is 0 Å². The van der Waals surface area contributed by atoms with E-state index in [0.717, 1.165) is 30.4 Å². The topological polar surface area (TPSA) is 29.1 Å². The summed E-state index contributed by atoms with van der Waals surface area (Å²) in [6.45, 7) is 4.23. The van der Waals surface area contributed by atoms with Gasteiger partial charge in [-0.25, -0.2) is 0 Å². The molecule has 33 heavy (non-hydrogen) atoms. The highest BCUT2D eigenvalue weighted by atomic mass is 127. The van der Waals surface area contributed by atoms with Crippen molar-refractivity contribution in [1.82, 2.24) is 5.32 Å². The van der Waals surface area contributed by atoms with E-state index in [9.17, 15) is 4.79 Å². The summed E-state index contributed by atoms with van der Waals surface area (Å²) >= 11 is 0. The van der Waals surface area contributed by atoms with Gasteiger partial charge in [-0.15, -0.1) is 0 Å². The number of halogens is 1. The van der Waals surface area contributed by atoms with E-state index < -0.39 is 0 Å². The number of hydrogen-bond acceptors (Lipinski definition) is 1. The average molecular weight is 581 g/mol. The van der Waals surface area contributed by atoms with Crippen molar-refractivity contribution in [3.05, 3.63) is 0 Å². The van der Waals surface area contributed by atoms with Crippen molar-refractivity contribution in [2.45, 2.75) is 148 Å². The summed E-state index contributed by atoms with van der Waals surface area (Å²) in [6.07, 6.45) is 29.7. The lowest BCUT2D eigenvalue weighted by atomic mass is 10.0. The van der Waals surface area contributed by atoms with Gasteiger partial charge in [-0.1, -0.05) is 129 Å². The smallest absolute Gasteiger partial charge is 0.219 e. The van der Waals surface area contributed by atoms with Crippen LogP contribution in [0.2, 0.25) is 0 Å². The van der Waals surface area contributed by atoms with E-state index in [4.69, 9.17) is 0 Å². The van der Waals surface area contributed by atoms with E-state index in [1.54, 1.807) is 0 Å². The van der Waals surface area contributed by atoms with Crippen LogP contribution in [-0.4, -0.2) is 44.6 Å². The minimum Gasteiger partial charge on any atom is -1.00 e. The lowest BCUT2D eigenvalue weighted by Gasteiger charge is -2.23. The lowest BCUT2D eigenvalue weighted by molar-refractivity contribution is -0.870. The Hall–Kier alpha value is 0.160. The summed E-state index contributed by atoms with van der Waals surface area (Å²) in [4.78, 5) is 11.8. The molecule has 0 radical (unpaired) electrons. The first-order valence-electron chi connectivity index (χ1n) is 14.5. The number of nitrogens with one attached hydrogen (secondary N) is 1. The largest absolute Gasteiger partial charge is 1.00 e. The fourth-order valence-corrected chi connectivity index (χ4v) is 4.41. The molecule has 200 valence electrons. The van der Waals surface area contributed by atoms with E-state index in [1.165, 1.54) is 122 Å². The molecular formula is C29H61IN2O. The van der Waals surface area contributed by atoms with Crippen molar-refractivity contribution in [1.29, 1.82) is 0 Å². The Morgan fingerprint density at radius 3 is 1.21 bits per heavy atom. The van der Waals surface area contributed by atoms with Crippen LogP contribution in [0.5, 0.6) is 0 Å². The van der Waals surface area contributed by atoms with Crippen LogP contribution in [0.3, 0.4) is 0 Å². The van der Waals surface area contributed by atoms with E-state index in [1.807, 2.05) is 0 Å². The molecule has 0 fully saturated rings. The van der Waals surface area contributed by atoms with Gasteiger partial charge >= 0.3 is 0 Å². The van der Waals surface area contributed by atoms with Crippen LogP contribution >= 0.6 is 0 Å². The van der Waals surface area contributed by atoms with Crippen LogP contribution in [0, 0.1) is 0 Å². The first-order valence-corrected chi connectivity index (χ1v) is 14.5. The zero-order chi connectivity index (χ0) is 23.8. The maximum Gasteiger partial charge on any atom is 0.219 e. The molecule has 0 spiro atoms. The minimum absolute atomic E-state index is 0. The van der Waals surface area contributed by atoms with E-state index in [0.29, 0.717) is 6.42 Å². The first kappa shape index (κ1) is 35.3. The highest BCUT2D eigenvalue weighted by molar-refractivity contribution is 5.75. The third kappa shape index (κ3) is 32.2. The predicted octanol–water partition coefficient (Wildman–Crippen LogP) is 5.41. The van der Waals surface area contributed by atoms with Gasteiger partial charge in [0.05, 0.1) is 27.7 Å². The van der Waals surface area contributed by atoms with Gasteiger partial charge in [-0.2, -0.15) is 0 Å². The molecule has 0 aromatic heterocycles. The first-order chi connectivity index (χ1) is 15.5. The van der Waals surface area contributed by atoms with Gasteiger partial charge < -0.3 is 33.8 Å². The predicted molar refractivity (Wildman–Crippen MR) is 143 cm³/mol. The van der Waals surface area contributed by atoms with Crippen LogP contribution < -0.4 is 29.3 Å². The molecule has 1 N–H and O–H groups in total. The standard InChI is InChI=1S/C29H60N2O.HI/c1-5-6-7-8-9-10-11-12-13-14-15-16-17-18-19-20-21-22-23-24-26-29(32)30-27-25-28-31(2,3)4;/h5-28H2,1-4H3;1H. The van der Waals surface area contributed by atoms with Crippen molar-refractivity contribution in [3.8, 4) is 0 Å². The highest BCUT2D eigenvalue weighted by Gasteiger charge is 2.06. The number of unbranched alkanes of at least 4 members (excludes halogenated alkanes) is 19. The van der Waals surface area contributed by atoms with Gasteiger partial charge in [0.15, 0.2) is 0 Å². The summed E-state index contributed by atoms with van der Waals surface area (Å²) in [5, 5.41) is 3.07. The van der Waals surface area contributed by atoms with Crippen molar-refractivity contribution in [2.24, 2.45) is 0 Å². The van der Waals surface area contributed by atoms with Gasteiger partial charge in [0.25, 0.3) is 0 Å². The molecule has 0 aliphatic carbocycles. The molecule has 0 saturated heterocycles. The normalized spacial score (nSPS) is 11.4. The molecule has 1 amide bonds. The maximum atomic E-state index is 11.8. The van der Waals surface area contributed by atoms with Crippen LogP contribution in [0.15, 0.2) is 0 Å². The van der Waals surface area contributed by atoms with Gasteiger partial charge in [-0.3, -0.25) is 4.79 Å². The summed E-state index contributed by atoms with van der Waals surface area (Å²) < 4.78 is 0.967. The molecule has 0 saturated carbocycles. The Labute approximate surface area is 226 Å². The van der Waals surface area contributed by atoms with Gasteiger partial charge in [0, 0.05) is 19.4 Å². The monoisotopic (exact) mass is 580 g/mol. The number of rotatable bonds is 25. The Bertz CT molecular complexity index is 396. The Morgan fingerprint density at radius 1 is 0.545 bits per heavy atom. The quantitative estimate of drug-likeness (QED) is 0.0873. The molecule has 0 unspecified atom stereocenters. The van der Waals surface area contributed by atoms with Crippen LogP contribution in [-0.2, 0) is 4.79 Å². The van der Waals surface area contributed by atoms with Gasteiger partial charge in [0.2, 0.25) is 5.91 Å². The number of amides is 1. The zero-order valence-corrected chi connectivity index (χ0v) is 25.4. The molecule has 4 heteroatoms. The summed E-state index contributed by atoms with van der Waals surface area (Å²) in [7, 11) is 6.59. The van der Waals surface area contributed by atoms with E-state index in [-0.39, 0.29) is 29.9 Å². The number of hydrogen-bond donors (Lipinski definition) is 1. The van der Waals surface area contributed by atoms with Gasteiger partial charge in [-0.05, 0) is 6.42 Å². The Balaban J connectivity index is 0. The van der Waals surface area contributed by atoms with Crippen LogP contribution in [0.1, 0.15) is 148 Å². The fraction of sp³-hybridized carbons (Fsp3) is 0.966. The molecule has 0 aromatic rings. The molecule has 0 aliphatic heterocycles. The third-order valence-corrected chi connectivity index (χ3v) is 6.59. The Morgan fingerprint density at radius 2 is 0.879 bits per heavy atom. The lowest BCUT2D eigenvalue weighted by Crippen LogP contribution is -3.00. The Kier molecular flexibility index (Phi) is 28.6. The highest BCUT2D eigenvalue weighted by Crippen LogP contribution is 2.15. The molecule has 0 aliphatic rings. The molecule has 3 nitrogen and oxygen atoms in total. The number of quaternary nitrogens is 1. The average Bonchev–Trinajstić information content (AvgIpc) is 2.74. The molecule has 0 bridgehead atoms. The summed E-state index contributed by atoms with van der Waals surface area (Å²) in [5.41, 5.74) is 0. The molecule has 0 atom stereocenters. The fourth-order valence-electron chi connectivity index (χ4n) is 4.41. The number of carbonyl (C=O) groups is 1. The second-order valence-electron chi connectivity index (χ2n) is 11.2. The molecule has 0 rings (SSSR count). The van der Waals surface area contributed by atoms with E-state index in [2.05, 4.69) is 33.4 Å². The molecule has 0 heterocycles.